The van der Waals surface area contributed by atoms with E-state index in [0.717, 1.165) is 66.6 Å². The Bertz CT molecular complexity index is 3620. The van der Waals surface area contributed by atoms with Gasteiger partial charge >= 0.3 is 0 Å². The monoisotopic (exact) mass is 898 g/mol. The number of imidazole rings is 1. The number of para-hydroxylation sites is 5. The largest absolute Gasteiger partial charge is 0.493 e. The predicted molar refractivity (Wildman–Crippen MR) is 227 cm³/mol. The molecule has 0 bridgehead atoms. The van der Waals surface area contributed by atoms with Crippen molar-refractivity contribution in [3.63, 3.8) is 0 Å². The van der Waals surface area contributed by atoms with Gasteiger partial charge in [-0.15, -0.1) is 35.9 Å². The van der Waals surface area contributed by atoms with Crippen LogP contribution in [0.1, 0.15) is 16.7 Å². The Morgan fingerprint density at radius 1 is 0.571 bits per heavy atom. The van der Waals surface area contributed by atoms with Gasteiger partial charge in [0.15, 0.2) is 0 Å². The van der Waals surface area contributed by atoms with E-state index < -0.39 is 0 Å². The molecule has 13 rings (SSSR count). The number of anilines is 4. The number of aryl methyl sites for hydroxylation is 3. The summed E-state index contributed by atoms with van der Waals surface area (Å²) >= 11 is 0. The third-order valence-electron chi connectivity index (χ3n) is 12.0. The van der Waals surface area contributed by atoms with E-state index in [9.17, 15) is 0 Å². The van der Waals surface area contributed by atoms with Crippen LogP contribution in [0.4, 0.5) is 22.7 Å². The normalized spacial score (nSPS) is 13.3. The molecular formula is C49H31N6Pt-3. The fraction of sp³-hybridized carbons (Fsp3) is 0.0612. The standard InChI is InChI=1S/C49H31N6.Pt/c1-28-23-29(2)46(30(3)24-28)53-27-52(39-16-8-9-17-40(39)53)31-19-20-32-33-13-10-18-41-47(33)55(42(32)25-31)43-26-36-44(45-35-12-5-7-15-38(35)54(41)48(43)45)34-11-4-6-14-37(34)51-22-21-50-49(36)51;/h4-24,27H,1-3H3;/q-3;. The number of aromatic nitrogens is 4. The summed E-state index contributed by atoms with van der Waals surface area (Å²) in [7, 11) is 0. The van der Waals surface area contributed by atoms with E-state index in [4.69, 9.17) is 4.98 Å². The average Bonchev–Trinajstić information content (AvgIpc) is 3.99. The van der Waals surface area contributed by atoms with Crippen LogP contribution >= 0.6 is 0 Å². The fourth-order valence-corrected chi connectivity index (χ4v) is 10.0. The van der Waals surface area contributed by atoms with E-state index in [0.29, 0.717) is 0 Å². The van der Waals surface area contributed by atoms with Crippen molar-refractivity contribution in [1.82, 2.24) is 18.2 Å². The van der Waals surface area contributed by atoms with Gasteiger partial charge in [-0.3, -0.25) is 4.98 Å². The van der Waals surface area contributed by atoms with E-state index in [1.807, 2.05) is 6.20 Å². The Kier molecular flexibility index (Phi) is 6.34. The minimum absolute atomic E-state index is 0. The van der Waals surface area contributed by atoms with Crippen molar-refractivity contribution in [1.29, 1.82) is 0 Å². The fourth-order valence-electron chi connectivity index (χ4n) is 10.0. The molecule has 0 aliphatic carbocycles. The van der Waals surface area contributed by atoms with Gasteiger partial charge in [0, 0.05) is 61.6 Å². The topological polar surface area (TPSA) is 32.6 Å². The summed E-state index contributed by atoms with van der Waals surface area (Å²) in [6.07, 6.45) is 3.97. The minimum atomic E-state index is 0. The van der Waals surface area contributed by atoms with Gasteiger partial charge in [-0.1, -0.05) is 100 Å². The summed E-state index contributed by atoms with van der Waals surface area (Å²) in [5.74, 6) is 0. The molecule has 1 aliphatic heterocycles. The molecule has 6 heterocycles. The molecule has 0 saturated carbocycles. The zero-order valence-corrected chi connectivity index (χ0v) is 33.0. The maximum absolute atomic E-state index is 4.96. The number of pyridine rings is 1. The van der Waals surface area contributed by atoms with Gasteiger partial charge < -0.3 is 23.0 Å². The van der Waals surface area contributed by atoms with Crippen molar-refractivity contribution < 1.29 is 21.1 Å². The van der Waals surface area contributed by atoms with Crippen LogP contribution in [0.3, 0.4) is 0 Å². The zero-order chi connectivity index (χ0) is 36.3. The van der Waals surface area contributed by atoms with E-state index in [-0.39, 0.29) is 21.1 Å². The first kappa shape index (κ1) is 31.9. The summed E-state index contributed by atoms with van der Waals surface area (Å²) in [6.45, 7) is 8.82. The molecule has 0 N–H and O–H groups in total. The molecule has 0 saturated heterocycles. The van der Waals surface area contributed by atoms with E-state index in [2.05, 4.69) is 184 Å². The van der Waals surface area contributed by atoms with Crippen LogP contribution in [0.25, 0.3) is 82.0 Å². The quantitative estimate of drug-likeness (QED) is 0.0984. The summed E-state index contributed by atoms with van der Waals surface area (Å²) in [4.78, 5) is 9.59. The second-order valence-electron chi connectivity index (χ2n) is 15.1. The Balaban J connectivity index is 0.00000345. The van der Waals surface area contributed by atoms with Gasteiger partial charge in [0.2, 0.25) is 0 Å². The molecule has 0 spiro atoms. The van der Waals surface area contributed by atoms with Crippen molar-refractivity contribution in [2.24, 2.45) is 0 Å². The minimum Gasteiger partial charge on any atom is -0.493 e. The molecule has 270 valence electrons. The number of hydrogen-bond donors (Lipinski definition) is 0. The molecule has 5 aromatic heterocycles. The van der Waals surface area contributed by atoms with Crippen LogP contribution in [0.5, 0.6) is 0 Å². The van der Waals surface area contributed by atoms with E-state index in [1.165, 1.54) is 54.8 Å². The first-order valence-corrected chi connectivity index (χ1v) is 18.8. The second-order valence-corrected chi connectivity index (χ2v) is 15.1. The third kappa shape index (κ3) is 3.87. The van der Waals surface area contributed by atoms with Crippen molar-refractivity contribution in [3.05, 3.63) is 163 Å². The van der Waals surface area contributed by atoms with E-state index >= 15 is 0 Å². The molecule has 56 heavy (non-hydrogen) atoms. The van der Waals surface area contributed by atoms with Crippen LogP contribution in [-0.4, -0.2) is 18.2 Å². The number of hydrogen-bond acceptors (Lipinski definition) is 3. The first-order valence-electron chi connectivity index (χ1n) is 18.8. The molecule has 12 aromatic rings. The SMILES string of the molecule is Cc1cc(C)c(N2[CH-]N(c3[c-]c4c(cc3)c3cccc5c3n4c3[c-]c4c(c6ccccc6n6ccnc46)c4c6ccccc6n5c43)c3ccccc32)c(C)c1.[Pt]. The molecule has 0 radical (unpaired) electrons. The van der Waals surface area contributed by atoms with Crippen LogP contribution in [0.2, 0.25) is 0 Å². The van der Waals surface area contributed by atoms with Gasteiger partial charge in [0.25, 0.3) is 0 Å². The van der Waals surface area contributed by atoms with Gasteiger partial charge in [-0.05, 0) is 89.4 Å². The maximum atomic E-state index is 4.96. The summed E-state index contributed by atoms with van der Waals surface area (Å²) in [5.41, 5.74) is 17.0. The Hall–Kier alpha value is -6.36. The molecule has 0 atom stereocenters. The Morgan fingerprint density at radius 3 is 2.05 bits per heavy atom. The molecule has 7 heteroatoms. The molecule has 0 amide bonds. The zero-order valence-electron chi connectivity index (χ0n) is 30.7. The predicted octanol–water partition coefficient (Wildman–Crippen LogP) is 12.1. The number of rotatable bonds is 2. The molecule has 0 unspecified atom stereocenters. The van der Waals surface area contributed by atoms with Gasteiger partial charge in [0.05, 0.1) is 16.7 Å². The summed E-state index contributed by atoms with van der Waals surface area (Å²) < 4.78 is 7.10. The number of fused-ring (bicyclic) bond motifs is 16. The molecule has 0 fully saturated rings. The van der Waals surface area contributed by atoms with Crippen molar-refractivity contribution in [2.75, 3.05) is 9.80 Å². The number of benzene rings is 7. The molecular weight excluding hydrogens is 868 g/mol. The third-order valence-corrected chi connectivity index (χ3v) is 12.0. The molecule has 6 nitrogen and oxygen atoms in total. The second kappa shape index (κ2) is 11.1. The van der Waals surface area contributed by atoms with Crippen LogP contribution in [0, 0.1) is 39.6 Å². The number of nitrogens with zero attached hydrogens (tertiary/aromatic N) is 6. The van der Waals surface area contributed by atoms with Crippen LogP contribution in [-0.2, 0) is 21.1 Å². The van der Waals surface area contributed by atoms with Gasteiger partial charge in [-0.2, -0.15) is 6.07 Å². The van der Waals surface area contributed by atoms with Crippen molar-refractivity contribution in [2.45, 2.75) is 20.8 Å². The molecule has 7 aromatic carbocycles. The maximum Gasteiger partial charge on any atom is 0.0618 e. The van der Waals surface area contributed by atoms with Crippen LogP contribution < -0.4 is 9.80 Å². The van der Waals surface area contributed by atoms with Crippen LogP contribution in [0.15, 0.2) is 128 Å². The van der Waals surface area contributed by atoms with E-state index in [1.54, 1.807) is 0 Å². The van der Waals surface area contributed by atoms with Gasteiger partial charge in [0.1, 0.15) is 0 Å². The smallest absolute Gasteiger partial charge is 0.0618 e. The van der Waals surface area contributed by atoms with Crippen molar-refractivity contribution in [3.8, 4) is 0 Å². The average molecular weight is 899 g/mol. The van der Waals surface area contributed by atoms with Gasteiger partial charge in [-0.25, -0.2) is 0 Å². The van der Waals surface area contributed by atoms with Crippen molar-refractivity contribution >= 4 is 105 Å². The summed E-state index contributed by atoms with van der Waals surface area (Å²) in [6, 6.07) is 50.0. The first-order chi connectivity index (χ1) is 27.0. The Labute approximate surface area is 336 Å². The Morgan fingerprint density at radius 2 is 1.25 bits per heavy atom. The molecule has 1 aliphatic rings. The summed E-state index contributed by atoms with van der Waals surface area (Å²) in [5, 5.41) is 8.20.